The van der Waals surface area contributed by atoms with E-state index in [-0.39, 0.29) is 11.3 Å². The van der Waals surface area contributed by atoms with Crippen LogP contribution in [0.2, 0.25) is 0 Å². The quantitative estimate of drug-likeness (QED) is 0.875. The molecule has 0 bridgehead atoms. The van der Waals surface area contributed by atoms with Crippen molar-refractivity contribution in [2.24, 2.45) is 4.99 Å². The van der Waals surface area contributed by atoms with E-state index in [0.29, 0.717) is 18.1 Å². The first kappa shape index (κ1) is 15.4. The summed E-state index contributed by atoms with van der Waals surface area (Å²) in [5.41, 5.74) is 3.45. The molecule has 0 saturated heterocycles. The van der Waals surface area contributed by atoms with Crippen molar-refractivity contribution in [2.45, 2.75) is 19.4 Å². The van der Waals surface area contributed by atoms with E-state index in [9.17, 15) is 5.11 Å². The minimum Gasteiger partial charge on any atom is -0.872 e. The largest absolute Gasteiger partial charge is 0.872 e. The smallest absolute Gasteiger partial charge is 0.216 e. The normalized spacial score (nSPS) is 15.9. The maximum Gasteiger partial charge on any atom is 0.216 e. The van der Waals surface area contributed by atoms with Crippen LogP contribution in [0.25, 0.3) is 11.1 Å². The Balaban J connectivity index is 1.98. The number of hydrogen-bond donors (Lipinski definition) is 0. The van der Waals surface area contributed by atoms with Gasteiger partial charge in [0.2, 0.25) is 5.90 Å². The number of nitrogens with zero attached hydrogens (tertiary/aromatic N) is 2. The van der Waals surface area contributed by atoms with Crippen LogP contribution in [0.1, 0.15) is 19.4 Å². The lowest BCUT2D eigenvalue weighted by molar-refractivity contribution is -0.268. The van der Waals surface area contributed by atoms with Gasteiger partial charge in [0.05, 0.1) is 5.54 Å². The van der Waals surface area contributed by atoms with Crippen LogP contribution in [0.4, 0.5) is 5.69 Å². The number of benzene rings is 2. The van der Waals surface area contributed by atoms with Crippen LogP contribution in [0, 0.1) is 0 Å². The molecule has 2 aromatic rings. The first-order valence-corrected chi connectivity index (χ1v) is 7.68. The minimum atomic E-state index is -0.273. The minimum absolute atomic E-state index is 0.0601. The maximum absolute atomic E-state index is 12.2. The van der Waals surface area contributed by atoms with E-state index < -0.39 is 0 Å². The van der Waals surface area contributed by atoms with Gasteiger partial charge in [-0.3, -0.25) is 0 Å². The van der Waals surface area contributed by atoms with Crippen LogP contribution in [0.3, 0.4) is 0 Å². The summed E-state index contributed by atoms with van der Waals surface area (Å²) in [5, 5.41) is 12.2. The highest BCUT2D eigenvalue weighted by Crippen LogP contribution is 2.29. The molecule has 0 spiro atoms. The summed E-state index contributed by atoms with van der Waals surface area (Å²) >= 11 is 0. The second kappa shape index (κ2) is 5.61. The SMILES string of the molecule is CN(C)c1ccc(-c2ccc([O-])c(C3=NC(C)(C)CO3)c2)cc1. The van der Waals surface area contributed by atoms with Crippen LogP contribution >= 0.6 is 0 Å². The molecule has 0 atom stereocenters. The van der Waals surface area contributed by atoms with Crippen molar-refractivity contribution in [3.05, 3.63) is 48.0 Å². The molecule has 0 aromatic heterocycles. The predicted octanol–water partition coefficient (Wildman–Crippen LogP) is 3.05. The van der Waals surface area contributed by atoms with Gasteiger partial charge in [-0.15, -0.1) is 0 Å². The first-order valence-electron chi connectivity index (χ1n) is 7.68. The molecule has 0 amide bonds. The Morgan fingerprint density at radius 2 is 1.70 bits per heavy atom. The standard InChI is InChI=1S/C19H22N2O2/c1-19(2)12-23-18(20-19)16-11-14(7-10-17(16)22)13-5-8-15(9-6-13)21(3)4/h5-11,22H,12H2,1-4H3/p-1. The number of hydrogen-bond acceptors (Lipinski definition) is 4. The summed E-state index contributed by atoms with van der Waals surface area (Å²) in [6, 6.07) is 13.5. The van der Waals surface area contributed by atoms with Gasteiger partial charge >= 0.3 is 0 Å². The molecule has 4 nitrogen and oxygen atoms in total. The topological polar surface area (TPSA) is 47.9 Å². The van der Waals surface area contributed by atoms with Gasteiger partial charge in [-0.1, -0.05) is 30.0 Å². The second-order valence-electron chi connectivity index (χ2n) is 6.67. The summed E-state index contributed by atoms with van der Waals surface area (Å²) in [4.78, 5) is 6.57. The van der Waals surface area contributed by atoms with Gasteiger partial charge in [0, 0.05) is 25.3 Å². The van der Waals surface area contributed by atoms with Gasteiger partial charge in [-0.25, -0.2) is 4.99 Å². The molecule has 0 saturated carbocycles. The highest BCUT2D eigenvalue weighted by atomic mass is 16.5. The Morgan fingerprint density at radius 1 is 1.04 bits per heavy atom. The molecule has 0 N–H and O–H groups in total. The van der Waals surface area contributed by atoms with E-state index in [1.54, 1.807) is 6.07 Å². The molecule has 3 rings (SSSR count). The van der Waals surface area contributed by atoms with Gasteiger partial charge in [-0.05, 0) is 43.2 Å². The van der Waals surface area contributed by atoms with Gasteiger partial charge in [0.1, 0.15) is 6.61 Å². The van der Waals surface area contributed by atoms with E-state index >= 15 is 0 Å². The van der Waals surface area contributed by atoms with Crippen LogP contribution in [-0.2, 0) is 4.74 Å². The lowest BCUT2D eigenvalue weighted by atomic mass is 10.0. The van der Waals surface area contributed by atoms with Crippen molar-refractivity contribution in [1.82, 2.24) is 0 Å². The summed E-state index contributed by atoms with van der Waals surface area (Å²) in [6.45, 7) is 4.49. The third kappa shape index (κ3) is 3.16. The first-order chi connectivity index (χ1) is 10.9. The van der Waals surface area contributed by atoms with Gasteiger partial charge in [0.25, 0.3) is 0 Å². The monoisotopic (exact) mass is 309 g/mol. The summed E-state index contributed by atoms with van der Waals surface area (Å²) in [7, 11) is 4.02. The summed E-state index contributed by atoms with van der Waals surface area (Å²) in [6.07, 6.45) is 0. The van der Waals surface area contributed by atoms with E-state index in [1.165, 1.54) is 0 Å². The Hall–Kier alpha value is -2.49. The maximum atomic E-state index is 12.2. The fraction of sp³-hybridized carbons (Fsp3) is 0.316. The molecule has 2 aromatic carbocycles. The van der Waals surface area contributed by atoms with Crippen molar-refractivity contribution in [3.8, 4) is 16.9 Å². The third-order valence-electron chi connectivity index (χ3n) is 3.89. The van der Waals surface area contributed by atoms with Crippen molar-refractivity contribution in [3.63, 3.8) is 0 Å². The Morgan fingerprint density at radius 3 is 2.26 bits per heavy atom. The molecule has 120 valence electrons. The molecule has 1 heterocycles. The van der Waals surface area contributed by atoms with Crippen molar-refractivity contribution < 1.29 is 9.84 Å². The molecule has 1 aliphatic rings. The number of anilines is 1. The van der Waals surface area contributed by atoms with E-state index in [2.05, 4.69) is 34.2 Å². The molecule has 23 heavy (non-hydrogen) atoms. The van der Waals surface area contributed by atoms with Gasteiger partial charge in [0.15, 0.2) is 0 Å². The van der Waals surface area contributed by atoms with Crippen molar-refractivity contribution in [1.29, 1.82) is 0 Å². The molecule has 0 aliphatic carbocycles. The molecule has 0 fully saturated rings. The van der Waals surface area contributed by atoms with E-state index in [1.807, 2.05) is 40.1 Å². The summed E-state index contributed by atoms with van der Waals surface area (Å²) < 4.78 is 5.62. The molecular formula is C19H21N2O2-. The number of ether oxygens (including phenoxy) is 1. The lowest BCUT2D eigenvalue weighted by Crippen LogP contribution is -2.17. The number of rotatable bonds is 3. The van der Waals surface area contributed by atoms with E-state index in [0.717, 1.165) is 16.8 Å². The average molecular weight is 309 g/mol. The molecule has 4 heteroatoms. The Kier molecular flexibility index (Phi) is 3.76. The van der Waals surface area contributed by atoms with Gasteiger partial charge in [-0.2, -0.15) is 0 Å². The average Bonchev–Trinajstić information content (AvgIpc) is 2.88. The molecule has 0 radical (unpaired) electrons. The molecule has 1 aliphatic heterocycles. The Labute approximate surface area is 137 Å². The van der Waals surface area contributed by atoms with Crippen LogP contribution in [-0.4, -0.2) is 32.1 Å². The fourth-order valence-corrected chi connectivity index (χ4v) is 2.55. The zero-order valence-corrected chi connectivity index (χ0v) is 14.0. The van der Waals surface area contributed by atoms with Crippen molar-refractivity contribution in [2.75, 3.05) is 25.6 Å². The van der Waals surface area contributed by atoms with Crippen LogP contribution in [0.5, 0.6) is 5.75 Å². The van der Waals surface area contributed by atoms with Crippen LogP contribution in [0.15, 0.2) is 47.5 Å². The zero-order chi connectivity index (χ0) is 16.6. The van der Waals surface area contributed by atoms with Crippen LogP contribution < -0.4 is 10.0 Å². The highest BCUT2D eigenvalue weighted by Gasteiger charge is 2.27. The second-order valence-corrected chi connectivity index (χ2v) is 6.67. The number of aliphatic imine (C=N–C) groups is 1. The predicted molar refractivity (Wildman–Crippen MR) is 92.2 cm³/mol. The molecule has 0 unspecified atom stereocenters. The van der Waals surface area contributed by atoms with Crippen molar-refractivity contribution >= 4 is 11.6 Å². The fourth-order valence-electron chi connectivity index (χ4n) is 2.55. The third-order valence-corrected chi connectivity index (χ3v) is 3.89. The lowest BCUT2D eigenvalue weighted by Gasteiger charge is -2.16. The van der Waals surface area contributed by atoms with E-state index in [4.69, 9.17) is 4.74 Å². The zero-order valence-electron chi connectivity index (χ0n) is 14.0. The highest BCUT2D eigenvalue weighted by molar-refractivity contribution is 5.99. The van der Waals surface area contributed by atoms with Gasteiger partial charge < -0.3 is 14.7 Å². The Bertz CT molecular complexity index is 746. The summed E-state index contributed by atoms with van der Waals surface area (Å²) in [5.74, 6) is 0.391. The molecular weight excluding hydrogens is 288 g/mol.